The second-order valence-corrected chi connectivity index (χ2v) is 7.57. The van der Waals surface area contributed by atoms with E-state index in [2.05, 4.69) is 11.9 Å². The SMILES string of the molecule is CCCCc1cnc2ccccc2c1OCc1ccc(-c2ccccc2)c(C(=O)O)c1. The van der Waals surface area contributed by atoms with Crippen molar-refractivity contribution in [2.75, 3.05) is 0 Å². The summed E-state index contributed by atoms with van der Waals surface area (Å²) in [5.41, 5.74) is 4.66. The molecule has 4 rings (SSSR count). The van der Waals surface area contributed by atoms with E-state index in [1.165, 1.54) is 0 Å². The third kappa shape index (κ3) is 4.58. The Labute approximate surface area is 182 Å². The van der Waals surface area contributed by atoms with Crippen molar-refractivity contribution in [3.05, 3.63) is 95.7 Å². The fourth-order valence-corrected chi connectivity index (χ4v) is 3.76. The van der Waals surface area contributed by atoms with E-state index in [-0.39, 0.29) is 5.56 Å². The van der Waals surface area contributed by atoms with E-state index >= 15 is 0 Å². The molecule has 3 aromatic carbocycles. The highest BCUT2D eigenvalue weighted by Crippen LogP contribution is 2.31. The predicted octanol–water partition coefficient (Wildman–Crippen LogP) is 6.52. The average molecular weight is 412 g/mol. The number of carbonyl (C=O) groups is 1. The number of aryl methyl sites for hydroxylation is 1. The molecule has 0 radical (unpaired) electrons. The van der Waals surface area contributed by atoms with E-state index in [1.54, 1.807) is 6.07 Å². The van der Waals surface area contributed by atoms with Gasteiger partial charge in [-0.2, -0.15) is 0 Å². The number of fused-ring (bicyclic) bond motifs is 1. The minimum Gasteiger partial charge on any atom is -0.488 e. The van der Waals surface area contributed by atoms with Crippen molar-refractivity contribution in [3.8, 4) is 16.9 Å². The first-order chi connectivity index (χ1) is 15.2. The number of aromatic nitrogens is 1. The normalized spacial score (nSPS) is 10.9. The van der Waals surface area contributed by atoms with Crippen molar-refractivity contribution in [2.45, 2.75) is 32.8 Å². The van der Waals surface area contributed by atoms with Crippen LogP contribution in [-0.4, -0.2) is 16.1 Å². The van der Waals surface area contributed by atoms with Crippen LogP contribution in [0.3, 0.4) is 0 Å². The van der Waals surface area contributed by atoms with Gasteiger partial charge < -0.3 is 9.84 Å². The molecule has 0 aliphatic heterocycles. The van der Waals surface area contributed by atoms with Crippen LogP contribution in [0.15, 0.2) is 79.0 Å². The highest BCUT2D eigenvalue weighted by atomic mass is 16.5. The highest BCUT2D eigenvalue weighted by Gasteiger charge is 2.14. The van der Waals surface area contributed by atoms with E-state index in [0.29, 0.717) is 12.2 Å². The Balaban J connectivity index is 1.66. The van der Waals surface area contributed by atoms with Crippen LogP contribution in [-0.2, 0) is 13.0 Å². The summed E-state index contributed by atoms with van der Waals surface area (Å²) < 4.78 is 6.28. The second kappa shape index (κ2) is 9.43. The Bertz CT molecular complexity index is 1200. The van der Waals surface area contributed by atoms with Gasteiger partial charge in [-0.1, -0.05) is 67.9 Å². The van der Waals surface area contributed by atoms with Crippen LogP contribution in [0.2, 0.25) is 0 Å². The van der Waals surface area contributed by atoms with Crippen LogP contribution in [0.1, 0.15) is 41.3 Å². The van der Waals surface area contributed by atoms with Gasteiger partial charge in [0.15, 0.2) is 0 Å². The molecule has 156 valence electrons. The lowest BCUT2D eigenvalue weighted by atomic mass is 9.97. The summed E-state index contributed by atoms with van der Waals surface area (Å²) in [4.78, 5) is 16.5. The zero-order valence-corrected chi connectivity index (χ0v) is 17.5. The standard InChI is InChI=1S/C27H25NO3/c1-2-3-9-21-17-28-25-13-8-7-12-23(25)26(21)31-18-19-14-15-22(24(16-19)27(29)30)20-10-5-4-6-11-20/h4-8,10-17H,2-3,9,18H2,1H3,(H,29,30). The average Bonchev–Trinajstić information content (AvgIpc) is 2.81. The molecule has 1 heterocycles. The maximum absolute atomic E-state index is 11.9. The molecule has 1 N–H and O–H groups in total. The van der Waals surface area contributed by atoms with Crippen LogP contribution in [0.25, 0.3) is 22.0 Å². The number of ether oxygens (including phenoxy) is 1. The first kappa shape index (κ1) is 20.6. The van der Waals surface area contributed by atoms with E-state index in [0.717, 1.165) is 52.6 Å². The molecular weight excluding hydrogens is 386 g/mol. The van der Waals surface area contributed by atoms with Gasteiger partial charge in [-0.05, 0) is 47.7 Å². The molecule has 0 amide bonds. The minimum absolute atomic E-state index is 0.276. The van der Waals surface area contributed by atoms with Gasteiger partial charge in [0.1, 0.15) is 12.4 Å². The molecule has 0 atom stereocenters. The summed E-state index contributed by atoms with van der Waals surface area (Å²) in [6.45, 7) is 2.46. The van der Waals surface area contributed by atoms with Gasteiger partial charge >= 0.3 is 5.97 Å². The number of carboxylic acids is 1. The Morgan fingerprint density at radius 1 is 1.00 bits per heavy atom. The number of hydrogen-bond donors (Lipinski definition) is 1. The Kier molecular flexibility index (Phi) is 6.27. The number of carboxylic acid groups (broad SMARTS) is 1. The molecule has 0 bridgehead atoms. The molecule has 0 aliphatic rings. The van der Waals surface area contributed by atoms with Crippen molar-refractivity contribution < 1.29 is 14.6 Å². The molecule has 0 spiro atoms. The lowest BCUT2D eigenvalue weighted by Gasteiger charge is -2.15. The number of rotatable bonds is 8. The van der Waals surface area contributed by atoms with Gasteiger partial charge in [0.2, 0.25) is 0 Å². The maximum atomic E-state index is 11.9. The summed E-state index contributed by atoms with van der Waals surface area (Å²) in [5, 5.41) is 10.8. The van der Waals surface area contributed by atoms with Gasteiger partial charge in [-0.25, -0.2) is 4.79 Å². The summed E-state index contributed by atoms with van der Waals surface area (Å²) in [6.07, 6.45) is 4.95. The number of aromatic carboxylic acids is 1. The molecule has 4 heteroatoms. The van der Waals surface area contributed by atoms with Crippen LogP contribution in [0, 0.1) is 0 Å². The maximum Gasteiger partial charge on any atom is 0.336 e. The lowest BCUT2D eigenvalue weighted by molar-refractivity contribution is 0.0697. The number of hydrogen-bond acceptors (Lipinski definition) is 3. The van der Waals surface area contributed by atoms with E-state index in [4.69, 9.17) is 4.74 Å². The molecule has 0 fully saturated rings. The summed E-state index contributed by atoms with van der Waals surface area (Å²) in [5.74, 6) is -0.109. The zero-order chi connectivity index (χ0) is 21.6. The molecule has 4 nitrogen and oxygen atoms in total. The summed E-state index contributed by atoms with van der Waals surface area (Å²) >= 11 is 0. The Morgan fingerprint density at radius 3 is 2.55 bits per heavy atom. The van der Waals surface area contributed by atoms with Crippen LogP contribution >= 0.6 is 0 Å². The molecule has 4 aromatic rings. The van der Waals surface area contributed by atoms with Crippen molar-refractivity contribution in [3.63, 3.8) is 0 Å². The predicted molar refractivity (Wildman–Crippen MR) is 124 cm³/mol. The van der Waals surface area contributed by atoms with Crippen molar-refractivity contribution in [1.82, 2.24) is 4.98 Å². The molecule has 0 saturated carbocycles. The van der Waals surface area contributed by atoms with E-state index < -0.39 is 5.97 Å². The molecule has 0 unspecified atom stereocenters. The van der Waals surface area contributed by atoms with Crippen molar-refractivity contribution in [2.24, 2.45) is 0 Å². The molecule has 0 saturated heterocycles. The van der Waals surface area contributed by atoms with Crippen molar-refractivity contribution >= 4 is 16.9 Å². The number of unbranched alkanes of at least 4 members (excludes halogenated alkanes) is 1. The van der Waals surface area contributed by atoms with Crippen LogP contribution in [0.4, 0.5) is 0 Å². The van der Waals surface area contributed by atoms with E-state index in [1.807, 2.05) is 72.9 Å². The van der Waals surface area contributed by atoms with Gasteiger partial charge in [0, 0.05) is 17.1 Å². The summed E-state index contributed by atoms with van der Waals surface area (Å²) in [7, 11) is 0. The number of pyridine rings is 1. The van der Waals surface area contributed by atoms with Gasteiger partial charge in [-0.3, -0.25) is 4.98 Å². The molecular formula is C27H25NO3. The fourth-order valence-electron chi connectivity index (χ4n) is 3.76. The molecule has 1 aromatic heterocycles. The van der Waals surface area contributed by atoms with Gasteiger partial charge in [0.05, 0.1) is 11.1 Å². The summed E-state index contributed by atoms with van der Waals surface area (Å²) in [6, 6.07) is 23.0. The highest BCUT2D eigenvalue weighted by molar-refractivity contribution is 5.96. The third-order valence-corrected chi connectivity index (χ3v) is 5.38. The largest absolute Gasteiger partial charge is 0.488 e. The van der Waals surface area contributed by atoms with Crippen LogP contribution < -0.4 is 4.74 Å². The number of nitrogens with zero attached hydrogens (tertiary/aromatic N) is 1. The number of benzene rings is 3. The zero-order valence-electron chi connectivity index (χ0n) is 17.5. The Hall–Kier alpha value is -3.66. The quantitative estimate of drug-likeness (QED) is 0.358. The molecule has 31 heavy (non-hydrogen) atoms. The van der Waals surface area contributed by atoms with Gasteiger partial charge in [-0.15, -0.1) is 0 Å². The van der Waals surface area contributed by atoms with Crippen LogP contribution in [0.5, 0.6) is 5.75 Å². The minimum atomic E-state index is -0.946. The molecule has 0 aliphatic carbocycles. The first-order valence-electron chi connectivity index (χ1n) is 10.6. The first-order valence-corrected chi connectivity index (χ1v) is 10.6. The Morgan fingerprint density at radius 2 is 1.77 bits per heavy atom. The number of para-hydroxylation sites is 1. The third-order valence-electron chi connectivity index (χ3n) is 5.38. The van der Waals surface area contributed by atoms with Crippen molar-refractivity contribution in [1.29, 1.82) is 0 Å². The lowest BCUT2D eigenvalue weighted by Crippen LogP contribution is -2.04. The fraction of sp³-hybridized carbons (Fsp3) is 0.185. The van der Waals surface area contributed by atoms with Gasteiger partial charge in [0.25, 0.3) is 0 Å². The van der Waals surface area contributed by atoms with E-state index in [9.17, 15) is 9.90 Å². The second-order valence-electron chi connectivity index (χ2n) is 7.57. The topological polar surface area (TPSA) is 59.4 Å². The smallest absolute Gasteiger partial charge is 0.336 e. The monoisotopic (exact) mass is 411 g/mol.